The van der Waals surface area contributed by atoms with Crippen LogP contribution in [0.2, 0.25) is 0 Å². The first-order valence-electron chi connectivity index (χ1n) is 8.63. The van der Waals surface area contributed by atoms with Crippen molar-refractivity contribution in [3.63, 3.8) is 0 Å². The van der Waals surface area contributed by atoms with Gasteiger partial charge < -0.3 is 4.74 Å². The van der Waals surface area contributed by atoms with E-state index in [4.69, 9.17) is 4.74 Å². The van der Waals surface area contributed by atoms with Crippen molar-refractivity contribution in [1.82, 2.24) is 0 Å². The number of hydrogen-bond donors (Lipinski definition) is 0. The summed E-state index contributed by atoms with van der Waals surface area (Å²) in [5.41, 5.74) is -0.374. The molecular formula is C18H31NO2. The fourth-order valence-electron chi connectivity index (χ4n) is 6.67. The lowest BCUT2D eigenvalue weighted by atomic mass is 9.27. The van der Waals surface area contributed by atoms with Gasteiger partial charge in [0.15, 0.2) is 0 Å². The molecular weight excluding hydrogens is 262 g/mol. The van der Waals surface area contributed by atoms with E-state index in [-0.39, 0.29) is 16.4 Å². The summed E-state index contributed by atoms with van der Waals surface area (Å²) in [6.45, 7) is 13.8. The van der Waals surface area contributed by atoms with E-state index in [1.807, 2.05) is 0 Å². The molecule has 0 spiro atoms. The van der Waals surface area contributed by atoms with Crippen LogP contribution in [0.4, 0.5) is 0 Å². The molecule has 3 nitrogen and oxygen atoms in total. The molecule has 0 N–H and O–H groups in total. The van der Waals surface area contributed by atoms with E-state index in [9.17, 15) is 4.91 Å². The molecule has 21 heavy (non-hydrogen) atoms. The second-order valence-electron chi connectivity index (χ2n) is 9.19. The number of hydrogen-bond acceptors (Lipinski definition) is 3. The second kappa shape index (κ2) is 4.31. The Morgan fingerprint density at radius 1 is 1.24 bits per heavy atom. The number of ether oxygens (including phenoxy) is 1. The first kappa shape index (κ1) is 15.5. The lowest BCUT2D eigenvalue weighted by molar-refractivity contribution is -0.322. The third-order valence-electron chi connectivity index (χ3n) is 7.33. The molecule has 0 saturated heterocycles. The minimum absolute atomic E-state index is 0.0994. The first-order chi connectivity index (χ1) is 9.64. The highest BCUT2D eigenvalue weighted by Gasteiger charge is 2.85. The quantitative estimate of drug-likeness (QED) is 0.660. The van der Waals surface area contributed by atoms with E-state index in [1.165, 1.54) is 25.7 Å². The molecule has 0 aromatic carbocycles. The van der Waals surface area contributed by atoms with Crippen molar-refractivity contribution in [3.8, 4) is 0 Å². The van der Waals surface area contributed by atoms with Crippen LogP contribution in [0.15, 0.2) is 5.18 Å². The highest BCUT2D eigenvalue weighted by atomic mass is 16.5. The Morgan fingerprint density at radius 2 is 1.90 bits per heavy atom. The molecule has 0 radical (unpaired) electrons. The summed E-state index contributed by atoms with van der Waals surface area (Å²) in [6.07, 6.45) is 5.00. The Morgan fingerprint density at radius 3 is 2.43 bits per heavy atom. The predicted octanol–water partition coefficient (Wildman–Crippen LogP) is 4.79. The van der Waals surface area contributed by atoms with Crippen LogP contribution in [-0.2, 0) is 4.74 Å². The van der Waals surface area contributed by atoms with E-state index < -0.39 is 5.54 Å². The average molecular weight is 293 g/mol. The van der Waals surface area contributed by atoms with Gasteiger partial charge in [-0.3, -0.25) is 0 Å². The van der Waals surface area contributed by atoms with Gasteiger partial charge in [0.2, 0.25) is 0 Å². The second-order valence-corrected chi connectivity index (χ2v) is 9.19. The summed E-state index contributed by atoms with van der Waals surface area (Å²) in [5.74, 6) is 1.92. The van der Waals surface area contributed by atoms with Crippen molar-refractivity contribution >= 4 is 0 Å². The monoisotopic (exact) mass is 293 g/mol. The summed E-state index contributed by atoms with van der Waals surface area (Å²) >= 11 is 0. The van der Waals surface area contributed by atoms with Crippen LogP contribution >= 0.6 is 0 Å². The Bertz CT molecular complexity index is 452. The molecule has 4 atom stereocenters. The summed E-state index contributed by atoms with van der Waals surface area (Å²) in [5, 5.41) is 3.60. The van der Waals surface area contributed by atoms with Crippen LogP contribution in [0, 0.1) is 33.5 Å². The molecule has 3 aliphatic rings. The highest BCUT2D eigenvalue weighted by molar-refractivity contribution is 5.34. The zero-order valence-electron chi connectivity index (χ0n) is 14.5. The molecule has 3 fully saturated rings. The van der Waals surface area contributed by atoms with Gasteiger partial charge in [-0.05, 0) is 71.1 Å². The molecule has 3 saturated carbocycles. The van der Waals surface area contributed by atoms with Crippen molar-refractivity contribution in [1.29, 1.82) is 0 Å². The molecule has 0 bridgehead atoms. The molecule has 4 unspecified atom stereocenters. The fraction of sp³-hybridized carbons (Fsp3) is 1.00. The molecule has 0 aromatic rings. The van der Waals surface area contributed by atoms with Crippen LogP contribution < -0.4 is 0 Å². The van der Waals surface area contributed by atoms with E-state index in [2.05, 4.69) is 46.7 Å². The van der Waals surface area contributed by atoms with Gasteiger partial charge in [0, 0.05) is 17.4 Å². The largest absolute Gasteiger partial charge is 0.375 e. The predicted molar refractivity (Wildman–Crippen MR) is 85.1 cm³/mol. The summed E-state index contributed by atoms with van der Waals surface area (Å²) in [6, 6.07) is 0. The zero-order valence-corrected chi connectivity index (χ0v) is 14.5. The van der Waals surface area contributed by atoms with Crippen LogP contribution in [0.5, 0.6) is 0 Å². The standard InChI is InChI=1S/C18H31NO2/c1-12(2)11-21-16(5,6)17-8-7-13-9-14(10-17)18(13,17)15(3,4)19-20/h12-14H,7-11H2,1-6H3. The van der Waals surface area contributed by atoms with E-state index in [0.717, 1.165) is 6.61 Å². The molecule has 0 heterocycles. The van der Waals surface area contributed by atoms with Crippen molar-refractivity contribution in [2.24, 2.45) is 33.8 Å². The molecule has 3 heteroatoms. The van der Waals surface area contributed by atoms with Gasteiger partial charge in [-0.25, -0.2) is 0 Å². The topological polar surface area (TPSA) is 38.7 Å². The van der Waals surface area contributed by atoms with E-state index in [1.54, 1.807) is 0 Å². The van der Waals surface area contributed by atoms with Crippen molar-refractivity contribution in [2.75, 3.05) is 6.61 Å². The Balaban J connectivity index is 1.96. The molecule has 3 aliphatic carbocycles. The smallest absolute Gasteiger partial charge is 0.104 e. The third-order valence-corrected chi connectivity index (χ3v) is 7.33. The van der Waals surface area contributed by atoms with Crippen molar-refractivity contribution in [3.05, 3.63) is 4.91 Å². The molecule has 120 valence electrons. The Hall–Kier alpha value is -0.440. The zero-order chi connectivity index (χ0) is 15.7. The van der Waals surface area contributed by atoms with Crippen LogP contribution in [0.1, 0.15) is 67.2 Å². The van der Waals surface area contributed by atoms with Gasteiger partial charge in [-0.1, -0.05) is 19.0 Å². The summed E-state index contributed by atoms with van der Waals surface area (Å²) in [7, 11) is 0. The molecule has 0 aliphatic heterocycles. The van der Waals surface area contributed by atoms with Crippen LogP contribution in [0.25, 0.3) is 0 Å². The van der Waals surface area contributed by atoms with Gasteiger partial charge in [-0.15, -0.1) is 0 Å². The normalized spacial score (nSPS) is 41.5. The van der Waals surface area contributed by atoms with Crippen LogP contribution in [-0.4, -0.2) is 17.7 Å². The average Bonchev–Trinajstić information content (AvgIpc) is 2.55. The van der Waals surface area contributed by atoms with E-state index >= 15 is 0 Å². The maximum atomic E-state index is 11.6. The van der Waals surface area contributed by atoms with Gasteiger partial charge in [0.05, 0.1) is 5.60 Å². The highest BCUT2D eigenvalue weighted by Crippen LogP contribution is 2.86. The fourth-order valence-corrected chi connectivity index (χ4v) is 6.67. The van der Waals surface area contributed by atoms with Crippen molar-refractivity contribution < 1.29 is 4.74 Å². The molecule has 0 aromatic heterocycles. The van der Waals surface area contributed by atoms with Gasteiger partial charge >= 0.3 is 0 Å². The lowest BCUT2D eigenvalue weighted by Crippen LogP contribution is -2.78. The van der Waals surface area contributed by atoms with Gasteiger partial charge in [0.1, 0.15) is 5.54 Å². The molecule has 3 rings (SSSR count). The first-order valence-corrected chi connectivity index (χ1v) is 8.63. The third kappa shape index (κ3) is 1.54. The lowest BCUT2D eigenvalue weighted by Gasteiger charge is -2.77. The number of nitrogens with zero attached hydrogens (tertiary/aromatic N) is 1. The number of rotatable bonds is 6. The van der Waals surface area contributed by atoms with E-state index in [0.29, 0.717) is 17.8 Å². The Kier molecular flexibility index (Phi) is 3.17. The van der Waals surface area contributed by atoms with Crippen LogP contribution in [0.3, 0.4) is 0 Å². The molecule has 0 amide bonds. The van der Waals surface area contributed by atoms with Gasteiger partial charge in [0.25, 0.3) is 0 Å². The van der Waals surface area contributed by atoms with Gasteiger partial charge in [-0.2, -0.15) is 4.91 Å². The minimum atomic E-state index is -0.464. The SMILES string of the molecule is CC(C)COC(C)(C)C12CCC3CC(C1)C32C(C)(C)N=O. The maximum Gasteiger partial charge on any atom is 0.104 e. The Labute approximate surface area is 129 Å². The number of nitroso groups, excluding NO2 is 1. The van der Waals surface area contributed by atoms with Crippen molar-refractivity contribution in [2.45, 2.75) is 78.4 Å². The summed E-state index contributed by atoms with van der Waals surface area (Å²) in [4.78, 5) is 11.6. The maximum absolute atomic E-state index is 11.6. The summed E-state index contributed by atoms with van der Waals surface area (Å²) < 4.78 is 6.39. The minimum Gasteiger partial charge on any atom is -0.375 e.